The molecule has 0 aromatic heterocycles. The van der Waals surface area contributed by atoms with Crippen LogP contribution < -0.4 is 36.3 Å². The summed E-state index contributed by atoms with van der Waals surface area (Å²) in [5.74, 6) is 0. The van der Waals surface area contributed by atoms with Crippen molar-refractivity contribution in [2.45, 2.75) is 137 Å². The molecule has 76 heavy (non-hydrogen) atoms. The fourth-order valence-electron chi connectivity index (χ4n) is 14.3. The summed E-state index contributed by atoms with van der Waals surface area (Å²) in [6.07, 6.45) is 2.15. The summed E-state index contributed by atoms with van der Waals surface area (Å²) in [7, 11) is -1.68. The maximum atomic E-state index is 2.86. The van der Waals surface area contributed by atoms with Crippen molar-refractivity contribution >= 4 is 81.9 Å². The van der Waals surface area contributed by atoms with Crippen molar-refractivity contribution in [1.82, 2.24) is 0 Å². The van der Waals surface area contributed by atoms with Crippen LogP contribution in [0.4, 0.5) is 45.5 Å². The molecule has 2 unspecified atom stereocenters. The van der Waals surface area contributed by atoms with Gasteiger partial charge in [-0.05, 0) is 140 Å². The third-order valence-corrected chi connectivity index (χ3v) is 21.3. The molecule has 0 bridgehead atoms. The number of hydrogen-bond donors (Lipinski definition) is 0. The number of hydrogen-bond acceptors (Lipinski definition) is 3. The molecule has 0 saturated heterocycles. The van der Waals surface area contributed by atoms with Gasteiger partial charge in [0.2, 0.25) is 0 Å². The molecule has 2 atom stereocenters. The zero-order chi connectivity index (χ0) is 53.7. The van der Waals surface area contributed by atoms with E-state index < -0.39 is 8.07 Å². The van der Waals surface area contributed by atoms with Crippen LogP contribution in [0.1, 0.15) is 113 Å². The van der Waals surface area contributed by atoms with Crippen LogP contribution >= 0.6 is 0 Å². The lowest BCUT2D eigenvalue weighted by Crippen LogP contribution is -2.63. The summed E-state index contributed by atoms with van der Waals surface area (Å²) in [6, 6.07) is 68.4. The van der Waals surface area contributed by atoms with Gasteiger partial charge >= 0.3 is 0 Å². The normalized spacial score (nSPS) is 20.1. The van der Waals surface area contributed by atoms with Crippen molar-refractivity contribution in [2.24, 2.45) is 10.8 Å². The fourth-order valence-corrected chi connectivity index (χ4v) is 15.4. The van der Waals surface area contributed by atoms with Gasteiger partial charge in [-0.1, -0.05) is 222 Å². The van der Waals surface area contributed by atoms with Crippen molar-refractivity contribution in [3.05, 3.63) is 193 Å². The van der Waals surface area contributed by atoms with E-state index in [1.54, 1.807) is 0 Å². The highest BCUT2D eigenvalue weighted by Gasteiger charge is 2.65. The summed E-state index contributed by atoms with van der Waals surface area (Å²) in [5, 5.41) is 1.53. The van der Waals surface area contributed by atoms with Crippen LogP contribution in [0.15, 0.2) is 176 Å². The van der Waals surface area contributed by atoms with E-state index in [0.29, 0.717) is 0 Å². The Bertz CT molecular complexity index is 3440. The smallest absolute Gasteiger partial charge is 0.252 e. The van der Waals surface area contributed by atoms with Crippen molar-refractivity contribution in [1.29, 1.82) is 0 Å². The summed E-state index contributed by atoms with van der Waals surface area (Å²) in [4.78, 5) is 8.19. The van der Waals surface area contributed by atoms with Gasteiger partial charge in [0.15, 0.2) is 0 Å². The molecular weight excluding hydrogens is 934 g/mol. The van der Waals surface area contributed by atoms with Gasteiger partial charge in [0.25, 0.3) is 6.71 Å². The van der Waals surface area contributed by atoms with Crippen LogP contribution in [0.25, 0.3) is 22.3 Å². The molecule has 8 aromatic rings. The molecule has 12 rings (SSSR count). The molecule has 1 fully saturated rings. The van der Waals surface area contributed by atoms with E-state index in [4.69, 9.17) is 0 Å². The van der Waals surface area contributed by atoms with Gasteiger partial charge in [-0.3, -0.25) is 0 Å². The molecule has 5 heteroatoms. The van der Waals surface area contributed by atoms with Gasteiger partial charge in [-0.25, -0.2) is 0 Å². The van der Waals surface area contributed by atoms with E-state index in [1.807, 2.05) is 0 Å². The van der Waals surface area contributed by atoms with Crippen LogP contribution in [0.5, 0.6) is 0 Å². The molecule has 4 aliphatic rings. The molecule has 8 aromatic carbocycles. The van der Waals surface area contributed by atoms with Crippen LogP contribution in [0, 0.1) is 10.8 Å². The molecule has 3 aliphatic heterocycles. The summed E-state index contributed by atoms with van der Waals surface area (Å²) >= 11 is 0. The average molecular weight is 1010 g/mol. The van der Waals surface area contributed by atoms with E-state index in [2.05, 4.69) is 293 Å². The van der Waals surface area contributed by atoms with Gasteiger partial charge in [0.1, 0.15) is 0 Å². The minimum Gasteiger partial charge on any atom is -0.334 e. The zero-order valence-corrected chi connectivity index (χ0v) is 49.1. The minimum absolute atomic E-state index is 0.0116. The van der Waals surface area contributed by atoms with Gasteiger partial charge < -0.3 is 14.7 Å². The third-order valence-electron chi connectivity index (χ3n) is 19.3. The lowest BCUT2D eigenvalue weighted by molar-refractivity contribution is -0.0311. The molecule has 3 nitrogen and oxygen atoms in total. The predicted octanol–water partition coefficient (Wildman–Crippen LogP) is 17.3. The second-order valence-corrected chi connectivity index (χ2v) is 32.9. The maximum Gasteiger partial charge on any atom is 0.252 e. The van der Waals surface area contributed by atoms with E-state index in [1.165, 1.54) is 106 Å². The first-order valence-electron chi connectivity index (χ1n) is 28.1. The van der Waals surface area contributed by atoms with E-state index in [9.17, 15) is 0 Å². The van der Waals surface area contributed by atoms with Gasteiger partial charge in [-0.15, -0.1) is 0 Å². The Morgan fingerprint density at radius 1 is 0.434 bits per heavy atom. The highest BCUT2D eigenvalue weighted by molar-refractivity contribution is 7.00. The zero-order valence-electron chi connectivity index (χ0n) is 48.1. The van der Waals surface area contributed by atoms with Gasteiger partial charge in [0.05, 0.1) is 25.0 Å². The summed E-state index contributed by atoms with van der Waals surface area (Å²) in [6.45, 7) is 37.0. The van der Waals surface area contributed by atoms with Crippen molar-refractivity contribution in [2.75, 3.05) is 14.7 Å². The SMILES string of the molecule is CC(C)(C)c1ccc(N2c3ccccc3B3c4ccccc4N(c4ccc(C(C)(C)C)cc4-c4ccccc4)c4cc(N5c6ccc([Si](C)(C)C)cc6C6(C)CC(C)(C)C(C)(C)CC56C)cc2c43)c(-c2ccccc2)c1. The Kier molecular flexibility index (Phi) is 11.2. The number of anilines is 8. The first-order chi connectivity index (χ1) is 35.8. The molecule has 1 saturated carbocycles. The number of benzene rings is 8. The first-order valence-corrected chi connectivity index (χ1v) is 31.6. The fraction of sp³-hybridized carbons (Fsp3) is 0.324. The Balaban J connectivity index is 1.23. The monoisotopic (exact) mass is 1010 g/mol. The third kappa shape index (κ3) is 7.56. The highest BCUT2D eigenvalue weighted by Crippen LogP contribution is 2.69. The summed E-state index contributed by atoms with van der Waals surface area (Å²) < 4.78 is 0. The molecule has 0 radical (unpaired) electrons. The van der Waals surface area contributed by atoms with Crippen molar-refractivity contribution in [3.63, 3.8) is 0 Å². The van der Waals surface area contributed by atoms with Crippen LogP contribution in [-0.2, 0) is 16.2 Å². The number of nitrogens with zero attached hydrogens (tertiary/aromatic N) is 3. The second kappa shape index (κ2) is 17.0. The molecule has 1 aliphatic carbocycles. The summed E-state index contributed by atoms with van der Waals surface area (Å²) in [5.41, 5.74) is 22.6. The molecular formula is C71H78BN3Si. The Labute approximate surface area is 457 Å². The van der Waals surface area contributed by atoms with E-state index >= 15 is 0 Å². The van der Waals surface area contributed by atoms with Gasteiger partial charge in [0, 0.05) is 50.7 Å². The van der Waals surface area contributed by atoms with Crippen LogP contribution in [0.3, 0.4) is 0 Å². The lowest BCUT2D eigenvalue weighted by atomic mass is 9.33. The quantitative estimate of drug-likeness (QED) is 0.154. The van der Waals surface area contributed by atoms with Gasteiger partial charge in [-0.2, -0.15) is 0 Å². The predicted molar refractivity (Wildman–Crippen MR) is 333 cm³/mol. The average Bonchev–Trinajstić information content (AvgIpc) is 3.56. The topological polar surface area (TPSA) is 9.72 Å². The lowest BCUT2D eigenvalue weighted by Gasteiger charge is -2.61. The second-order valence-electron chi connectivity index (χ2n) is 27.9. The minimum atomic E-state index is -1.68. The van der Waals surface area contributed by atoms with Crippen LogP contribution in [-0.4, -0.2) is 20.3 Å². The molecule has 0 amide bonds. The number of fused-ring (bicyclic) bond motifs is 7. The van der Waals surface area contributed by atoms with Crippen molar-refractivity contribution < 1.29 is 0 Å². The molecule has 384 valence electrons. The van der Waals surface area contributed by atoms with Crippen molar-refractivity contribution in [3.8, 4) is 22.3 Å². The Morgan fingerprint density at radius 3 is 1.33 bits per heavy atom. The Hall–Kier alpha value is -6.56. The first kappa shape index (κ1) is 50.3. The van der Waals surface area contributed by atoms with Crippen LogP contribution in [0.2, 0.25) is 19.6 Å². The van der Waals surface area contributed by atoms with E-state index in [-0.39, 0.29) is 39.3 Å². The number of rotatable bonds is 6. The van der Waals surface area contributed by atoms with E-state index in [0.717, 1.165) is 12.8 Å². The molecule has 3 heterocycles. The standard InChI is InChI=1S/C71H78BN3Si/c1-66(2,3)49-34-37-58(53(40-49)47-26-18-16-19-27-47)73-61-32-24-22-30-56(61)72-57-31-23-25-33-62(57)74(59-38-35-50(67(4,5)6)41-54(59)48-28-20-17-21-29-48)64-43-51(42-63(73)65(64)72)75-60-39-36-52(76(13,14)15)44-55(60)70(11)45-68(7,8)69(9,10)46-71(70,75)12/h16-44H,45-46H2,1-15H3. The highest BCUT2D eigenvalue weighted by atomic mass is 28.3. The molecule has 0 spiro atoms. The Morgan fingerprint density at radius 2 is 0.868 bits per heavy atom. The molecule has 0 N–H and O–H groups in total. The number of para-hydroxylation sites is 2. The largest absolute Gasteiger partial charge is 0.334 e. The maximum absolute atomic E-state index is 2.86.